The molecule has 0 radical (unpaired) electrons. The van der Waals surface area contributed by atoms with E-state index in [-0.39, 0.29) is 5.41 Å². The Morgan fingerprint density at radius 3 is 2.29 bits per heavy atom. The van der Waals surface area contributed by atoms with Gasteiger partial charge in [-0.2, -0.15) is 0 Å². The molecule has 0 aliphatic heterocycles. The van der Waals surface area contributed by atoms with Crippen LogP contribution in [0, 0.1) is 0 Å². The van der Waals surface area contributed by atoms with Crippen LogP contribution in [0.3, 0.4) is 0 Å². The highest BCUT2D eigenvalue weighted by atomic mass is 35.5. The summed E-state index contributed by atoms with van der Waals surface area (Å²) >= 11 is 12.1. The van der Waals surface area contributed by atoms with Gasteiger partial charge in [-0.25, -0.2) is 0 Å². The Kier molecular flexibility index (Phi) is 3.51. The minimum Gasteiger partial charge on any atom is -0.355 e. The zero-order valence-corrected chi connectivity index (χ0v) is 13.8. The summed E-state index contributed by atoms with van der Waals surface area (Å²) < 4.78 is 0. The van der Waals surface area contributed by atoms with E-state index in [9.17, 15) is 0 Å². The van der Waals surface area contributed by atoms with Crippen LogP contribution in [0.25, 0.3) is 22.2 Å². The van der Waals surface area contributed by atoms with Gasteiger partial charge in [0.2, 0.25) is 0 Å². The van der Waals surface area contributed by atoms with Crippen LogP contribution in [-0.2, 0) is 5.41 Å². The molecule has 0 saturated carbocycles. The highest BCUT2D eigenvalue weighted by Crippen LogP contribution is 2.32. The van der Waals surface area contributed by atoms with E-state index >= 15 is 0 Å². The second-order valence-electron chi connectivity index (χ2n) is 6.36. The van der Waals surface area contributed by atoms with Crippen molar-refractivity contribution in [1.29, 1.82) is 0 Å². The molecule has 0 bridgehead atoms. The van der Waals surface area contributed by atoms with Crippen LogP contribution in [-0.4, -0.2) is 4.98 Å². The van der Waals surface area contributed by atoms with Crippen molar-refractivity contribution >= 4 is 34.1 Å². The van der Waals surface area contributed by atoms with E-state index in [0.717, 1.165) is 16.8 Å². The van der Waals surface area contributed by atoms with E-state index < -0.39 is 0 Å². The van der Waals surface area contributed by atoms with Crippen molar-refractivity contribution in [2.24, 2.45) is 0 Å². The van der Waals surface area contributed by atoms with Crippen molar-refractivity contribution in [3.8, 4) is 11.3 Å². The SMILES string of the molecule is CC(C)(C)c1ccc2[nH]c(-c3ccc(Cl)c(Cl)c3)cc2c1. The number of rotatable bonds is 1. The van der Waals surface area contributed by atoms with E-state index in [0.29, 0.717) is 10.0 Å². The summed E-state index contributed by atoms with van der Waals surface area (Å²) in [6, 6.07) is 14.4. The monoisotopic (exact) mass is 317 g/mol. The minimum atomic E-state index is 0.148. The summed E-state index contributed by atoms with van der Waals surface area (Å²) in [7, 11) is 0. The molecule has 21 heavy (non-hydrogen) atoms. The van der Waals surface area contributed by atoms with Gasteiger partial charge in [0.25, 0.3) is 0 Å². The van der Waals surface area contributed by atoms with Crippen LogP contribution in [0.1, 0.15) is 26.3 Å². The standard InChI is InChI=1S/C18H17Cl2N/c1-18(2,3)13-5-7-16-12(8-13)10-17(21-16)11-4-6-14(19)15(20)9-11/h4-10,21H,1-3H3. The second-order valence-corrected chi connectivity index (χ2v) is 7.18. The number of hydrogen-bond acceptors (Lipinski definition) is 0. The largest absolute Gasteiger partial charge is 0.355 e. The van der Waals surface area contributed by atoms with Gasteiger partial charge >= 0.3 is 0 Å². The predicted octanol–water partition coefficient (Wildman–Crippen LogP) is 6.44. The number of halogens is 2. The summed E-state index contributed by atoms with van der Waals surface area (Å²) in [6.07, 6.45) is 0. The maximum atomic E-state index is 6.10. The molecule has 3 heteroatoms. The lowest BCUT2D eigenvalue weighted by Crippen LogP contribution is -2.10. The van der Waals surface area contributed by atoms with E-state index in [2.05, 4.69) is 50.0 Å². The summed E-state index contributed by atoms with van der Waals surface area (Å²) in [5.74, 6) is 0. The molecule has 0 saturated heterocycles. The lowest BCUT2D eigenvalue weighted by molar-refractivity contribution is 0.591. The molecule has 108 valence electrons. The molecule has 2 aromatic carbocycles. The number of hydrogen-bond donors (Lipinski definition) is 1. The Morgan fingerprint density at radius 2 is 1.62 bits per heavy atom. The molecule has 1 N–H and O–H groups in total. The molecular weight excluding hydrogens is 301 g/mol. The molecule has 3 rings (SSSR count). The van der Waals surface area contributed by atoms with Crippen LogP contribution in [0.5, 0.6) is 0 Å². The van der Waals surface area contributed by atoms with Gasteiger partial charge in [0.15, 0.2) is 0 Å². The second kappa shape index (κ2) is 5.08. The Morgan fingerprint density at radius 1 is 0.857 bits per heavy atom. The fourth-order valence-corrected chi connectivity index (χ4v) is 2.72. The van der Waals surface area contributed by atoms with Gasteiger partial charge in [0.1, 0.15) is 0 Å². The van der Waals surface area contributed by atoms with E-state index in [4.69, 9.17) is 23.2 Å². The molecule has 1 heterocycles. The maximum Gasteiger partial charge on any atom is 0.0599 e. The lowest BCUT2D eigenvalue weighted by Gasteiger charge is -2.18. The lowest BCUT2D eigenvalue weighted by atomic mass is 9.86. The van der Waals surface area contributed by atoms with Crippen LogP contribution in [0.15, 0.2) is 42.5 Å². The highest BCUT2D eigenvalue weighted by Gasteiger charge is 2.14. The Labute approximate surface area is 134 Å². The van der Waals surface area contributed by atoms with Gasteiger partial charge in [-0.15, -0.1) is 0 Å². The fourth-order valence-electron chi connectivity index (χ4n) is 2.42. The Hall–Kier alpha value is -1.44. The van der Waals surface area contributed by atoms with Crippen LogP contribution >= 0.6 is 23.2 Å². The first-order valence-electron chi connectivity index (χ1n) is 6.93. The van der Waals surface area contributed by atoms with Gasteiger partial charge in [-0.1, -0.05) is 56.1 Å². The molecule has 0 unspecified atom stereocenters. The Balaban J connectivity index is 2.10. The number of aromatic nitrogens is 1. The first kappa shape index (κ1) is 14.5. The summed E-state index contributed by atoms with van der Waals surface area (Å²) in [5, 5.41) is 2.36. The van der Waals surface area contributed by atoms with Crippen LogP contribution < -0.4 is 0 Å². The summed E-state index contributed by atoms with van der Waals surface area (Å²) in [5.41, 5.74) is 4.70. The quantitative estimate of drug-likeness (QED) is 0.531. The van der Waals surface area contributed by atoms with E-state index in [1.807, 2.05) is 18.2 Å². The van der Waals surface area contributed by atoms with Crippen molar-refractivity contribution in [1.82, 2.24) is 4.98 Å². The molecule has 0 aliphatic carbocycles. The Bertz CT molecular complexity index is 810. The van der Waals surface area contributed by atoms with Crippen molar-refractivity contribution in [2.75, 3.05) is 0 Å². The molecule has 0 amide bonds. The topological polar surface area (TPSA) is 15.8 Å². The van der Waals surface area contributed by atoms with Crippen LogP contribution in [0.4, 0.5) is 0 Å². The number of benzene rings is 2. The fraction of sp³-hybridized carbons (Fsp3) is 0.222. The molecule has 3 aromatic rings. The third-order valence-corrected chi connectivity index (χ3v) is 4.46. The van der Waals surface area contributed by atoms with Crippen molar-refractivity contribution < 1.29 is 0 Å². The van der Waals surface area contributed by atoms with E-state index in [1.165, 1.54) is 10.9 Å². The summed E-state index contributed by atoms with van der Waals surface area (Å²) in [4.78, 5) is 3.44. The number of fused-ring (bicyclic) bond motifs is 1. The summed E-state index contributed by atoms with van der Waals surface area (Å²) in [6.45, 7) is 6.67. The van der Waals surface area contributed by atoms with Crippen molar-refractivity contribution in [3.63, 3.8) is 0 Å². The van der Waals surface area contributed by atoms with Crippen LogP contribution in [0.2, 0.25) is 10.0 Å². The molecule has 1 aromatic heterocycles. The molecule has 1 nitrogen and oxygen atoms in total. The van der Waals surface area contributed by atoms with Crippen molar-refractivity contribution in [3.05, 3.63) is 58.1 Å². The first-order chi connectivity index (χ1) is 9.84. The zero-order chi connectivity index (χ0) is 15.2. The van der Waals surface area contributed by atoms with Gasteiger partial charge in [0, 0.05) is 16.6 Å². The third kappa shape index (κ3) is 2.81. The molecule has 0 atom stereocenters. The number of H-pyrrole nitrogens is 1. The van der Waals surface area contributed by atoms with Gasteiger partial charge < -0.3 is 4.98 Å². The third-order valence-electron chi connectivity index (χ3n) is 3.72. The normalized spacial score (nSPS) is 12.0. The van der Waals surface area contributed by atoms with Gasteiger partial charge in [-0.3, -0.25) is 0 Å². The van der Waals surface area contributed by atoms with E-state index in [1.54, 1.807) is 0 Å². The minimum absolute atomic E-state index is 0.148. The zero-order valence-electron chi connectivity index (χ0n) is 12.3. The smallest absolute Gasteiger partial charge is 0.0599 e. The predicted molar refractivity (Wildman–Crippen MR) is 92.5 cm³/mol. The molecular formula is C18H17Cl2N. The van der Waals surface area contributed by atoms with Crippen molar-refractivity contribution in [2.45, 2.75) is 26.2 Å². The maximum absolute atomic E-state index is 6.10. The molecule has 0 fully saturated rings. The molecule has 0 spiro atoms. The van der Waals surface area contributed by atoms with Gasteiger partial charge in [-0.05, 0) is 46.9 Å². The first-order valence-corrected chi connectivity index (χ1v) is 7.69. The highest BCUT2D eigenvalue weighted by molar-refractivity contribution is 6.42. The average Bonchev–Trinajstić information content (AvgIpc) is 2.83. The number of aromatic amines is 1. The number of nitrogens with one attached hydrogen (secondary N) is 1. The average molecular weight is 318 g/mol. The van der Waals surface area contributed by atoms with Gasteiger partial charge in [0.05, 0.1) is 10.0 Å². The molecule has 0 aliphatic rings.